The Hall–Kier alpha value is -1.81. The molecule has 370 valence electrons. The van der Waals surface area contributed by atoms with Gasteiger partial charge in [0.2, 0.25) is 0 Å². The minimum absolute atomic E-state index is 0.0153. The Kier molecular flexibility index (Phi) is 46.7. The molecule has 0 spiro atoms. The highest BCUT2D eigenvalue weighted by atomic mass is 31.2. The van der Waals surface area contributed by atoms with Crippen LogP contribution in [-0.4, -0.2) is 60.5 Å². The second-order valence-corrected chi connectivity index (χ2v) is 19.1. The van der Waals surface area contributed by atoms with Crippen LogP contribution in [0.1, 0.15) is 245 Å². The van der Waals surface area contributed by atoms with Crippen LogP contribution in [0.5, 0.6) is 0 Å². The number of phosphoric acid groups is 1. The summed E-state index contributed by atoms with van der Waals surface area (Å²) in [5.74, 6) is -1.78. The van der Waals surface area contributed by atoms with Crippen LogP contribution >= 0.6 is 7.82 Å². The predicted octanol–water partition coefficient (Wildman–Crippen LogP) is 15.2. The average Bonchev–Trinajstić information content (AvgIpc) is 3.26. The smallest absolute Gasteiger partial charge is 0.472 e. The first-order valence-electron chi connectivity index (χ1n) is 26.0. The maximum atomic E-state index is 12.7. The number of hydrogen-bond acceptors (Lipinski definition) is 8. The number of hydrogen-bond donors (Lipinski definition) is 3. The van der Waals surface area contributed by atoms with E-state index in [-0.39, 0.29) is 13.0 Å². The summed E-state index contributed by atoms with van der Waals surface area (Å²) in [6, 6.07) is -1.47. The van der Waals surface area contributed by atoms with Gasteiger partial charge in [0.1, 0.15) is 12.1 Å². The third kappa shape index (κ3) is 48.0. The zero-order valence-corrected chi connectivity index (χ0v) is 41.6. The lowest BCUT2D eigenvalue weighted by Crippen LogP contribution is -2.34. The second kappa shape index (κ2) is 48.1. The average molecular weight is 912 g/mol. The molecule has 0 heterocycles. The number of carbonyl (C=O) groups excluding carboxylic acids is 1. The van der Waals surface area contributed by atoms with Crippen LogP contribution in [0.25, 0.3) is 0 Å². The van der Waals surface area contributed by atoms with Gasteiger partial charge in [0.25, 0.3) is 0 Å². The molecule has 0 radical (unpaired) electrons. The van der Waals surface area contributed by atoms with Gasteiger partial charge >= 0.3 is 19.8 Å². The summed E-state index contributed by atoms with van der Waals surface area (Å²) in [7, 11) is -4.62. The Labute approximate surface area is 387 Å². The van der Waals surface area contributed by atoms with E-state index in [4.69, 9.17) is 29.4 Å². The third-order valence-corrected chi connectivity index (χ3v) is 12.3. The number of esters is 1. The largest absolute Gasteiger partial charge is 0.480 e. The molecule has 0 bridgehead atoms. The Morgan fingerprint density at radius 2 is 0.873 bits per heavy atom. The van der Waals surface area contributed by atoms with Gasteiger partial charge in [0.05, 0.1) is 19.8 Å². The molecule has 0 aromatic rings. The minimum Gasteiger partial charge on any atom is -0.480 e. The van der Waals surface area contributed by atoms with Gasteiger partial charge in [-0.3, -0.25) is 18.6 Å². The lowest BCUT2D eigenvalue weighted by molar-refractivity contribution is -0.154. The summed E-state index contributed by atoms with van der Waals surface area (Å²) in [6.07, 6.45) is 56.3. The third-order valence-electron chi connectivity index (χ3n) is 11.4. The molecular formula is C52H98NO9P. The zero-order valence-electron chi connectivity index (χ0n) is 40.7. The van der Waals surface area contributed by atoms with E-state index in [1.165, 1.54) is 167 Å². The van der Waals surface area contributed by atoms with Crippen molar-refractivity contribution in [2.24, 2.45) is 5.73 Å². The molecule has 3 atom stereocenters. The number of carboxylic acids is 1. The normalized spacial score (nSPS) is 14.0. The van der Waals surface area contributed by atoms with Gasteiger partial charge in [-0.1, -0.05) is 204 Å². The van der Waals surface area contributed by atoms with Gasteiger partial charge < -0.3 is 25.2 Å². The number of unbranched alkanes of at least 4 members (excludes halogenated alkanes) is 30. The van der Waals surface area contributed by atoms with Crippen LogP contribution in [0.15, 0.2) is 36.5 Å². The molecule has 0 aromatic heterocycles. The minimum atomic E-state index is -4.62. The summed E-state index contributed by atoms with van der Waals surface area (Å²) in [5, 5.41) is 8.93. The molecular weight excluding hydrogens is 814 g/mol. The number of allylic oxidation sites excluding steroid dienone is 6. The number of aliphatic carboxylic acids is 1. The van der Waals surface area contributed by atoms with Crippen molar-refractivity contribution in [3.8, 4) is 0 Å². The molecule has 0 amide bonds. The fourth-order valence-electron chi connectivity index (χ4n) is 7.34. The summed E-state index contributed by atoms with van der Waals surface area (Å²) >= 11 is 0. The van der Waals surface area contributed by atoms with Crippen LogP contribution in [-0.2, 0) is 32.7 Å². The molecule has 0 aromatic carbocycles. The number of phosphoric ester groups is 1. The SMILES string of the molecule is CCCCC/C=C\C/C=C\CCCCCCCCCC(=O)OC(COCCCCCCCCCCCCCC/C=C\CCCCCCCCCC)COP(=O)(O)OCC(N)C(=O)O. The molecule has 0 aliphatic rings. The fraction of sp³-hybridized carbons (Fsp3) is 0.846. The number of nitrogens with two attached hydrogens (primary N) is 1. The van der Waals surface area contributed by atoms with Crippen molar-refractivity contribution in [1.29, 1.82) is 0 Å². The fourth-order valence-corrected chi connectivity index (χ4v) is 8.11. The van der Waals surface area contributed by atoms with Crippen molar-refractivity contribution < 1.29 is 42.7 Å². The van der Waals surface area contributed by atoms with E-state index in [1.807, 2.05) is 0 Å². The Balaban J connectivity index is 4.10. The molecule has 3 unspecified atom stereocenters. The van der Waals surface area contributed by atoms with Crippen LogP contribution in [0.4, 0.5) is 0 Å². The van der Waals surface area contributed by atoms with Gasteiger partial charge in [-0.2, -0.15) is 0 Å². The molecule has 0 rings (SSSR count). The highest BCUT2D eigenvalue weighted by Crippen LogP contribution is 2.43. The summed E-state index contributed by atoms with van der Waals surface area (Å²) < 4.78 is 33.5. The quantitative estimate of drug-likeness (QED) is 0.0232. The molecule has 0 aliphatic carbocycles. The first kappa shape index (κ1) is 61.2. The Bertz CT molecular complexity index is 1150. The van der Waals surface area contributed by atoms with E-state index in [0.29, 0.717) is 13.0 Å². The van der Waals surface area contributed by atoms with Gasteiger partial charge in [-0.05, 0) is 70.6 Å². The predicted molar refractivity (Wildman–Crippen MR) is 263 cm³/mol. The molecule has 4 N–H and O–H groups in total. The maximum Gasteiger partial charge on any atom is 0.472 e. The van der Waals surface area contributed by atoms with E-state index in [2.05, 4.69) is 50.3 Å². The summed E-state index contributed by atoms with van der Waals surface area (Å²) in [6.45, 7) is 3.88. The highest BCUT2D eigenvalue weighted by Gasteiger charge is 2.27. The first-order chi connectivity index (χ1) is 30.7. The Morgan fingerprint density at radius 3 is 1.33 bits per heavy atom. The van der Waals surface area contributed by atoms with E-state index in [9.17, 15) is 19.0 Å². The van der Waals surface area contributed by atoms with Crippen molar-refractivity contribution >= 4 is 19.8 Å². The van der Waals surface area contributed by atoms with Crippen molar-refractivity contribution in [3.05, 3.63) is 36.5 Å². The Morgan fingerprint density at radius 1 is 0.508 bits per heavy atom. The lowest BCUT2D eigenvalue weighted by atomic mass is 10.0. The van der Waals surface area contributed by atoms with E-state index in [0.717, 1.165) is 51.4 Å². The molecule has 63 heavy (non-hydrogen) atoms. The van der Waals surface area contributed by atoms with Gasteiger partial charge in [-0.15, -0.1) is 0 Å². The van der Waals surface area contributed by atoms with E-state index < -0.39 is 45.1 Å². The number of rotatable bonds is 50. The molecule has 11 heteroatoms. The molecule has 0 fully saturated rings. The van der Waals surface area contributed by atoms with Crippen molar-refractivity contribution in [2.45, 2.75) is 257 Å². The maximum absolute atomic E-state index is 12.7. The first-order valence-corrected chi connectivity index (χ1v) is 27.5. The summed E-state index contributed by atoms with van der Waals surface area (Å²) in [5.41, 5.74) is 5.37. The second-order valence-electron chi connectivity index (χ2n) is 17.6. The lowest BCUT2D eigenvalue weighted by Gasteiger charge is -2.20. The molecule has 10 nitrogen and oxygen atoms in total. The summed E-state index contributed by atoms with van der Waals surface area (Å²) in [4.78, 5) is 33.7. The van der Waals surface area contributed by atoms with Crippen LogP contribution in [0.2, 0.25) is 0 Å². The highest BCUT2D eigenvalue weighted by molar-refractivity contribution is 7.47. The van der Waals surface area contributed by atoms with Crippen molar-refractivity contribution in [1.82, 2.24) is 0 Å². The molecule has 0 aliphatic heterocycles. The van der Waals surface area contributed by atoms with Gasteiger partial charge in [0.15, 0.2) is 0 Å². The number of carboxylic acid groups (broad SMARTS) is 1. The number of ether oxygens (including phenoxy) is 2. The molecule has 0 saturated carbocycles. The zero-order chi connectivity index (χ0) is 46.2. The van der Waals surface area contributed by atoms with Crippen molar-refractivity contribution in [2.75, 3.05) is 26.4 Å². The molecule has 0 saturated heterocycles. The standard InChI is InChI=1S/C52H98NO9P/c1-3-5-7-9-11-13-15-17-19-21-22-23-24-25-26-27-29-31-33-35-37-39-41-43-45-59-46-49(47-60-63(57,58)61-48-50(53)52(55)56)62-51(54)44-42-40-38-36-34-32-30-28-20-18-16-14-12-10-8-6-4-2/h12,14,18,20-22,49-50H,3-11,13,15-17,19,23-48,53H2,1-2H3,(H,55,56)(H,57,58)/b14-12-,20-18-,22-21-. The number of carbonyl (C=O) groups is 2. The topological polar surface area (TPSA) is 155 Å². The monoisotopic (exact) mass is 912 g/mol. The van der Waals surface area contributed by atoms with Crippen molar-refractivity contribution in [3.63, 3.8) is 0 Å². The van der Waals surface area contributed by atoms with E-state index >= 15 is 0 Å². The van der Waals surface area contributed by atoms with Gasteiger partial charge in [0, 0.05) is 13.0 Å². The van der Waals surface area contributed by atoms with Crippen LogP contribution in [0, 0.1) is 0 Å². The van der Waals surface area contributed by atoms with E-state index in [1.54, 1.807) is 0 Å². The van der Waals surface area contributed by atoms with Crippen LogP contribution < -0.4 is 5.73 Å². The van der Waals surface area contributed by atoms with Gasteiger partial charge in [-0.25, -0.2) is 4.57 Å². The van der Waals surface area contributed by atoms with Crippen LogP contribution in [0.3, 0.4) is 0 Å².